The molecule has 9 heteroatoms. The Hall–Kier alpha value is -5.31. The van der Waals surface area contributed by atoms with Crippen molar-refractivity contribution < 1.29 is 19.1 Å². The van der Waals surface area contributed by atoms with Crippen molar-refractivity contribution in [3.05, 3.63) is 161 Å². The lowest BCUT2D eigenvalue weighted by molar-refractivity contribution is -0.116. The first-order valence-corrected chi connectivity index (χ1v) is 15.6. The third-order valence-corrected chi connectivity index (χ3v) is 8.39. The fourth-order valence-electron chi connectivity index (χ4n) is 4.42. The van der Waals surface area contributed by atoms with Gasteiger partial charge in [0.25, 0.3) is 11.8 Å². The maximum absolute atomic E-state index is 13.5. The van der Waals surface area contributed by atoms with E-state index in [9.17, 15) is 14.4 Å². The lowest BCUT2D eigenvalue weighted by atomic mass is 10.1. The minimum atomic E-state index is -0.565. The molecule has 0 bridgehead atoms. The smallest absolute Gasteiger partial charge is 0.272 e. The molecule has 0 aromatic heterocycles. The van der Waals surface area contributed by atoms with Gasteiger partial charge in [-0.3, -0.25) is 14.4 Å². The average molecular weight is 648 g/mol. The van der Waals surface area contributed by atoms with Gasteiger partial charge in [0.05, 0.1) is 17.8 Å². The highest BCUT2D eigenvalue weighted by molar-refractivity contribution is 8.00. The monoisotopic (exact) mass is 647 g/mol. The van der Waals surface area contributed by atoms with Gasteiger partial charge in [-0.15, -0.1) is 11.8 Å². The van der Waals surface area contributed by atoms with E-state index in [1.54, 1.807) is 92.0 Å². The van der Waals surface area contributed by atoms with Crippen molar-refractivity contribution in [2.75, 3.05) is 17.7 Å². The summed E-state index contributed by atoms with van der Waals surface area (Å²) in [5.41, 5.74) is 3.07. The number of nitrogens with one attached hydrogen (secondary N) is 3. The Bertz CT molecular complexity index is 1830. The Morgan fingerprint density at radius 1 is 0.739 bits per heavy atom. The molecule has 5 aromatic carbocycles. The van der Waals surface area contributed by atoms with E-state index in [2.05, 4.69) is 16.0 Å². The molecule has 230 valence electrons. The average Bonchev–Trinajstić information content (AvgIpc) is 3.09. The van der Waals surface area contributed by atoms with Crippen LogP contribution in [-0.4, -0.2) is 24.8 Å². The summed E-state index contributed by atoms with van der Waals surface area (Å²) in [6.07, 6.45) is 1.60. The summed E-state index contributed by atoms with van der Waals surface area (Å²) in [6.45, 7) is 0. The molecule has 0 saturated carbocycles. The molecule has 0 aliphatic rings. The Kier molecular flexibility index (Phi) is 10.9. The van der Waals surface area contributed by atoms with Gasteiger partial charge in [0.1, 0.15) is 16.7 Å². The predicted octanol–water partition coefficient (Wildman–Crippen LogP) is 8.23. The Balaban J connectivity index is 1.33. The van der Waals surface area contributed by atoms with E-state index < -0.39 is 17.1 Å². The maximum atomic E-state index is 13.5. The number of amides is 3. The summed E-state index contributed by atoms with van der Waals surface area (Å²) in [7, 11) is 1.57. The van der Waals surface area contributed by atoms with E-state index in [0.29, 0.717) is 33.3 Å². The zero-order chi connectivity index (χ0) is 32.3. The highest BCUT2D eigenvalue weighted by Gasteiger charge is 2.23. The third-order valence-electron chi connectivity index (χ3n) is 6.79. The second-order valence-electron chi connectivity index (χ2n) is 10.0. The van der Waals surface area contributed by atoms with Crippen LogP contribution < -0.4 is 20.7 Å². The molecule has 3 N–H and O–H groups in total. The van der Waals surface area contributed by atoms with Crippen molar-refractivity contribution in [3.8, 4) is 5.75 Å². The molecule has 3 amide bonds. The van der Waals surface area contributed by atoms with Crippen LogP contribution in [0.1, 0.15) is 26.7 Å². The number of para-hydroxylation sites is 1. The third kappa shape index (κ3) is 8.65. The number of rotatable bonds is 11. The molecular formula is C37H30ClN3O4S. The minimum Gasteiger partial charge on any atom is -0.497 e. The molecule has 0 aliphatic carbocycles. The van der Waals surface area contributed by atoms with Crippen molar-refractivity contribution in [1.82, 2.24) is 5.32 Å². The van der Waals surface area contributed by atoms with Gasteiger partial charge in [-0.2, -0.15) is 0 Å². The fraction of sp³-hybridized carbons (Fsp3) is 0.0541. The Labute approximate surface area is 276 Å². The van der Waals surface area contributed by atoms with Crippen LogP contribution in [0.2, 0.25) is 5.02 Å². The van der Waals surface area contributed by atoms with Gasteiger partial charge in [0, 0.05) is 16.1 Å². The molecule has 0 aliphatic heterocycles. The van der Waals surface area contributed by atoms with E-state index in [1.165, 1.54) is 11.8 Å². The SMILES string of the molecule is COc1ccc(/C=C(\NC(=O)c2ccccc2)C(=O)Nc2ccc(SC(C(=O)Nc3ccccc3Cl)c3ccccc3)cc2)cc1. The highest BCUT2D eigenvalue weighted by Crippen LogP contribution is 2.37. The first-order chi connectivity index (χ1) is 22.4. The topological polar surface area (TPSA) is 96.5 Å². The molecule has 7 nitrogen and oxygen atoms in total. The van der Waals surface area contributed by atoms with E-state index in [1.807, 2.05) is 54.6 Å². The number of hydrogen-bond acceptors (Lipinski definition) is 5. The van der Waals surface area contributed by atoms with Crippen LogP contribution in [0.3, 0.4) is 0 Å². The van der Waals surface area contributed by atoms with Crippen molar-refractivity contribution >= 4 is 58.5 Å². The zero-order valence-electron chi connectivity index (χ0n) is 24.8. The molecule has 0 radical (unpaired) electrons. The molecule has 5 aromatic rings. The number of hydrogen-bond donors (Lipinski definition) is 3. The number of halogens is 1. The molecule has 0 heterocycles. The van der Waals surface area contributed by atoms with Gasteiger partial charge in [-0.1, -0.05) is 84.4 Å². The van der Waals surface area contributed by atoms with Gasteiger partial charge in [-0.05, 0) is 77.9 Å². The van der Waals surface area contributed by atoms with Crippen molar-refractivity contribution in [1.29, 1.82) is 0 Å². The molecule has 0 saturated heterocycles. The Morgan fingerprint density at radius 2 is 1.37 bits per heavy atom. The molecule has 1 unspecified atom stereocenters. The van der Waals surface area contributed by atoms with Gasteiger partial charge in [-0.25, -0.2) is 0 Å². The maximum Gasteiger partial charge on any atom is 0.272 e. The standard InChI is InChI=1S/C37H30ClN3O4S/c1-45-29-20-16-25(17-21-29)24-33(41-35(42)27-12-6-3-7-13-27)36(43)39-28-18-22-30(23-19-28)46-34(26-10-4-2-5-11-26)37(44)40-32-15-9-8-14-31(32)38/h2-24,34H,1H3,(H,39,43)(H,40,44)(H,41,42)/b33-24-. The molecule has 0 spiro atoms. The number of anilines is 2. The summed E-state index contributed by atoms with van der Waals surface area (Å²) < 4.78 is 5.23. The normalized spacial score (nSPS) is 11.7. The number of carbonyl (C=O) groups is 3. The molecule has 5 rings (SSSR count). The van der Waals surface area contributed by atoms with Gasteiger partial charge in [0.15, 0.2) is 0 Å². The first kappa shape index (κ1) is 32.1. The second kappa shape index (κ2) is 15.6. The van der Waals surface area contributed by atoms with Gasteiger partial charge in [0.2, 0.25) is 5.91 Å². The van der Waals surface area contributed by atoms with Crippen molar-refractivity contribution in [3.63, 3.8) is 0 Å². The van der Waals surface area contributed by atoms with E-state index in [4.69, 9.17) is 16.3 Å². The van der Waals surface area contributed by atoms with Crippen LogP contribution in [0.25, 0.3) is 6.08 Å². The van der Waals surface area contributed by atoms with Crippen molar-refractivity contribution in [2.24, 2.45) is 0 Å². The molecule has 0 fully saturated rings. The van der Waals surface area contributed by atoms with Crippen molar-refractivity contribution in [2.45, 2.75) is 10.1 Å². The highest BCUT2D eigenvalue weighted by atomic mass is 35.5. The summed E-state index contributed by atoms with van der Waals surface area (Å²) in [4.78, 5) is 40.7. The largest absolute Gasteiger partial charge is 0.497 e. The van der Waals surface area contributed by atoms with Crippen LogP contribution in [0.4, 0.5) is 11.4 Å². The van der Waals surface area contributed by atoms with E-state index in [-0.39, 0.29) is 11.6 Å². The van der Waals surface area contributed by atoms with Crippen LogP contribution >= 0.6 is 23.4 Å². The summed E-state index contributed by atoms with van der Waals surface area (Å²) in [6, 6.07) is 39.5. The molecule has 1 atom stereocenters. The van der Waals surface area contributed by atoms with E-state index >= 15 is 0 Å². The van der Waals surface area contributed by atoms with Gasteiger partial charge >= 0.3 is 0 Å². The number of carbonyl (C=O) groups excluding carboxylic acids is 3. The lowest BCUT2D eigenvalue weighted by Gasteiger charge is -2.18. The number of ether oxygens (including phenoxy) is 1. The Morgan fingerprint density at radius 3 is 2.02 bits per heavy atom. The number of benzene rings is 5. The predicted molar refractivity (Wildman–Crippen MR) is 185 cm³/mol. The second-order valence-corrected chi connectivity index (χ2v) is 11.6. The number of thioether (sulfide) groups is 1. The van der Waals surface area contributed by atoms with Crippen LogP contribution in [0.15, 0.2) is 144 Å². The quantitative estimate of drug-likeness (QED) is 0.0991. The summed E-state index contributed by atoms with van der Waals surface area (Å²) in [5.74, 6) is -0.458. The van der Waals surface area contributed by atoms with Crippen LogP contribution in [0.5, 0.6) is 5.75 Å². The summed E-state index contributed by atoms with van der Waals surface area (Å²) >= 11 is 7.66. The van der Waals surface area contributed by atoms with Gasteiger partial charge < -0.3 is 20.7 Å². The zero-order valence-corrected chi connectivity index (χ0v) is 26.3. The molecular weight excluding hydrogens is 618 g/mol. The van der Waals surface area contributed by atoms with Crippen LogP contribution in [0, 0.1) is 0 Å². The van der Waals surface area contributed by atoms with Crippen LogP contribution in [-0.2, 0) is 9.59 Å². The van der Waals surface area contributed by atoms with E-state index in [0.717, 1.165) is 10.5 Å². The molecule has 46 heavy (non-hydrogen) atoms. The lowest BCUT2D eigenvalue weighted by Crippen LogP contribution is -2.30. The summed E-state index contributed by atoms with van der Waals surface area (Å²) in [5, 5.41) is 8.43. The number of methoxy groups -OCH3 is 1. The fourth-order valence-corrected chi connectivity index (χ4v) is 5.63. The minimum absolute atomic E-state index is 0.0675. The first-order valence-electron chi connectivity index (χ1n) is 14.3.